The highest BCUT2D eigenvalue weighted by molar-refractivity contribution is 5.77. The van der Waals surface area contributed by atoms with Gasteiger partial charge in [0.05, 0.1) is 19.3 Å². The molecule has 2 atom stereocenters. The lowest BCUT2D eigenvalue weighted by Crippen LogP contribution is -2.54. The number of likely N-dealkylation sites (N-methyl/N-ethyl adjacent to an activating group) is 1. The summed E-state index contributed by atoms with van der Waals surface area (Å²) >= 11 is 0. The number of urea groups is 1. The summed E-state index contributed by atoms with van der Waals surface area (Å²) in [5.41, 5.74) is -0.345. The van der Waals surface area contributed by atoms with Gasteiger partial charge in [-0.25, -0.2) is 4.79 Å². The molecule has 0 bridgehead atoms. The number of aliphatic carboxylic acids is 1. The topological polar surface area (TPSA) is 78.9 Å². The van der Waals surface area contributed by atoms with E-state index in [1.807, 2.05) is 27.7 Å². The first kappa shape index (κ1) is 14.8. The van der Waals surface area contributed by atoms with Gasteiger partial charge < -0.3 is 20.1 Å². The Morgan fingerprint density at radius 2 is 2.00 bits per heavy atom. The van der Waals surface area contributed by atoms with Crippen LogP contribution in [0.15, 0.2) is 0 Å². The summed E-state index contributed by atoms with van der Waals surface area (Å²) in [6, 6.07) is -0.637. The van der Waals surface area contributed by atoms with E-state index in [1.54, 1.807) is 0 Å². The third kappa shape index (κ3) is 3.60. The molecule has 1 fully saturated rings. The van der Waals surface area contributed by atoms with Gasteiger partial charge in [0.15, 0.2) is 0 Å². The van der Waals surface area contributed by atoms with E-state index < -0.39 is 17.9 Å². The maximum Gasteiger partial charge on any atom is 0.318 e. The molecule has 1 saturated heterocycles. The van der Waals surface area contributed by atoms with Crippen LogP contribution in [0.1, 0.15) is 27.7 Å². The highest BCUT2D eigenvalue weighted by atomic mass is 16.5. The predicted octanol–water partition coefficient (Wildman–Crippen LogP) is 0.916. The lowest BCUT2D eigenvalue weighted by atomic mass is 10.0. The Morgan fingerprint density at radius 3 is 2.44 bits per heavy atom. The van der Waals surface area contributed by atoms with Crippen LogP contribution < -0.4 is 5.32 Å². The number of hydrogen-bond donors (Lipinski definition) is 2. The molecule has 1 rings (SSSR count). The van der Waals surface area contributed by atoms with E-state index in [1.165, 1.54) is 4.90 Å². The van der Waals surface area contributed by atoms with Gasteiger partial charge in [0, 0.05) is 12.1 Å². The Labute approximate surface area is 107 Å². The zero-order chi connectivity index (χ0) is 13.9. The van der Waals surface area contributed by atoms with E-state index >= 15 is 0 Å². The standard InChI is InChI=1S/C12H22N2O4/c1-5-14(11(17)13-12(2,3)4)9-7-18-6-8(9)10(15)16/h8-9H,5-7H2,1-4H3,(H,13,17)(H,15,16). The average molecular weight is 258 g/mol. The number of nitrogens with zero attached hydrogens (tertiary/aromatic N) is 1. The second kappa shape index (κ2) is 5.56. The molecule has 6 nitrogen and oxygen atoms in total. The first-order valence-corrected chi connectivity index (χ1v) is 6.15. The Bertz CT molecular complexity index is 325. The molecule has 6 heteroatoms. The van der Waals surface area contributed by atoms with Crippen molar-refractivity contribution in [3.05, 3.63) is 0 Å². The van der Waals surface area contributed by atoms with Crippen LogP contribution in [0.5, 0.6) is 0 Å². The van der Waals surface area contributed by atoms with Crippen molar-refractivity contribution in [2.45, 2.75) is 39.3 Å². The van der Waals surface area contributed by atoms with E-state index in [-0.39, 0.29) is 24.8 Å². The van der Waals surface area contributed by atoms with Crippen molar-refractivity contribution in [1.29, 1.82) is 0 Å². The van der Waals surface area contributed by atoms with Crippen LogP contribution in [0.4, 0.5) is 4.79 Å². The first-order chi connectivity index (χ1) is 8.26. The third-order valence-electron chi connectivity index (χ3n) is 2.85. The second-order valence-electron chi connectivity index (χ2n) is 5.52. The monoisotopic (exact) mass is 258 g/mol. The highest BCUT2D eigenvalue weighted by Crippen LogP contribution is 2.20. The van der Waals surface area contributed by atoms with Gasteiger partial charge in [-0.2, -0.15) is 0 Å². The molecule has 0 aromatic heterocycles. The summed E-state index contributed by atoms with van der Waals surface area (Å²) in [5, 5.41) is 11.9. The molecule has 1 aliphatic rings. The van der Waals surface area contributed by atoms with Gasteiger partial charge >= 0.3 is 12.0 Å². The first-order valence-electron chi connectivity index (χ1n) is 6.15. The number of carboxylic acids is 1. The number of carbonyl (C=O) groups is 2. The SMILES string of the molecule is CCN(C(=O)NC(C)(C)C)C1COCC1C(=O)O. The molecule has 0 aromatic carbocycles. The molecular formula is C12H22N2O4. The predicted molar refractivity (Wildman–Crippen MR) is 66.4 cm³/mol. The van der Waals surface area contributed by atoms with Gasteiger partial charge in [0.25, 0.3) is 0 Å². The Kier molecular flexibility index (Phi) is 4.56. The molecule has 0 saturated carbocycles. The normalized spacial score (nSPS) is 23.8. The lowest BCUT2D eigenvalue weighted by molar-refractivity contribution is -0.142. The summed E-state index contributed by atoms with van der Waals surface area (Å²) in [4.78, 5) is 24.8. The number of carbonyl (C=O) groups excluding carboxylic acids is 1. The number of amides is 2. The molecular weight excluding hydrogens is 236 g/mol. The van der Waals surface area contributed by atoms with Crippen LogP contribution in [0.3, 0.4) is 0 Å². The molecule has 2 unspecified atom stereocenters. The Hall–Kier alpha value is -1.30. The van der Waals surface area contributed by atoms with Crippen LogP contribution >= 0.6 is 0 Å². The van der Waals surface area contributed by atoms with E-state index in [2.05, 4.69) is 5.32 Å². The molecule has 2 amide bonds. The minimum absolute atomic E-state index is 0.166. The van der Waals surface area contributed by atoms with Crippen LogP contribution in [0.25, 0.3) is 0 Å². The molecule has 1 aliphatic heterocycles. The summed E-state index contributed by atoms with van der Waals surface area (Å²) in [6.07, 6.45) is 0. The van der Waals surface area contributed by atoms with Gasteiger partial charge in [-0.3, -0.25) is 4.79 Å². The number of nitrogens with one attached hydrogen (secondary N) is 1. The largest absolute Gasteiger partial charge is 0.481 e. The second-order valence-corrected chi connectivity index (χ2v) is 5.52. The number of carboxylic acid groups (broad SMARTS) is 1. The fourth-order valence-electron chi connectivity index (χ4n) is 2.01. The zero-order valence-corrected chi connectivity index (χ0v) is 11.4. The van der Waals surface area contributed by atoms with Crippen LogP contribution in [-0.2, 0) is 9.53 Å². The van der Waals surface area contributed by atoms with Gasteiger partial charge in [0.2, 0.25) is 0 Å². The maximum absolute atomic E-state index is 12.1. The molecule has 0 radical (unpaired) electrons. The Morgan fingerprint density at radius 1 is 1.39 bits per heavy atom. The van der Waals surface area contributed by atoms with E-state index in [0.29, 0.717) is 6.54 Å². The third-order valence-corrected chi connectivity index (χ3v) is 2.85. The lowest BCUT2D eigenvalue weighted by Gasteiger charge is -2.32. The number of ether oxygens (including phenoxy) is 1. The van der Waals surface area contributed by atoms with E-state index in [4.69, 9.17) is 9.84 Å². The fraction of sp³-hybridized carbons (Fsp3) is 0.833. The molecule has 104 valence electrons. The maximum atomic E-state index is 12.1. The van der Waals surface area contributed by atoms with Crippen molar-refractivity contribution in [2.75, 3.05) is 19.8 Å². The van der Waals surface area contributed by atoms with Gasteiger partial charge in [-0.05, 0) is 27.7 Å². The smallest absolute Gasteiger partial charge is 0.318 e. The van der Waals surface area contributed by atoms with Crippen LogP contribution in [0, 0.1) is 5.92 Å². The van der Waals surface area contributed by atoms with Crippen molar-refractivity contribution in [2.24, 2.45) is 5.92 Å². The quantitative estimate of drug-likeness (QED) is 0.789. The van der Waals surface area contributed by atoms with Crippen molar-refractivity contribution in [1.82, 2.24) is 10.2 Å². The van der Waals surface area contributed by atoms with Crippen LogP contribution in [0.2, 0.25) is 0 Å². The summed E-state index contributed by atoms with van der Waals surface area (Å²) in [5.74, 6) is -1.56. The molecule has 2 N–H and O–H groups in total. The molecule has 0 aliphatic carbocycles. The van der Waals surface area contributed by atoms with Crippen LogP contribution in [-0.4, -0.2) is 53.3 Å². The van der Waals surface area contributed by atoms with E-state index in [0.717, 1.165) is 0 Å². The van der Waals surface area contributed by atoms with Gasteiger partial charge in [0.1, 0.15) is 5.92 Å². The molecule has 0 aromatic rings. The highest BCUT2D eigenvalue weighted by Gasteiger charge is 2.39. The van der Waals surface area contributed by atoms with Gasteiger partial charge in [-0.15, -0.1) is 0 Å². The van der Waals surface area contributed by atoms with Crippen molar-refractivity contribution in [3.8, 4) is 0 Å². The summed E-state index contributed by atoms with van der Waals surface area (Å²) in [7, 11) is 0. The van der Waals surface area contributed by atoms with Crippen molar-refractivity contribution < 1.29 is 19.4 Å². The Balaban J connectivity index is 2.76. The molecule has 18 heavy (non-hydrogen) atoms. The minimum atomic E-state index is -0.917. The van der Waals surface area contributed by atoms with E-state index in [9.17, 15) is 9.59 Å². The number of hydrogen-bond acceptors (Lipinski definition) is 3. The summed E-state index contributed by atoms with van der Waals surface area (Å²) in [6.45, 7) is 8.40. The average Bonchev–Trinajstić information content (AvgIpc) is 2.64. The van der Waals surface area contributed by atoms with Crippen molar-refractivity contribution in [3.63, 3.8) is 0 Å². The zero-order valence-electron chi connectivity index (χ0n) is 11.4. The fourth-order valence-corrected chi connectivity index (χ4v) is 2.01. The minimum Gasteiger partial charge on any atom is -0.481 e. The molecule has 0 spiro atoms. The number of rotatable bonds is 3. The molecule has 1 heterocycles. The summed E-state index contributed by atoms with van der Waals surface area (Å²) < 4.78 is 5.19. The van der Waals surface area contributed by atoms with Gasteiger partial charge in [-0.1, -0.05) is 0 Å². The van der Waals surface area contributed by atoms with Crippen molar-refractivity contribution >= 4 is 12.0 Å².